The smallest absolute Gasteiger partial charge is 0.481 e. The number of aliphatic imine (C=N–C) groups is 1. The zero-order valence-electron chi connectivity index (χ0n) is 23.5. The number of benzene rings is 2. The predicted molar refractivity (Wildman–Crippen MR) is 155 cm³/mol. The number of amides is 2. The van der Waals surface area contributed by atoms with Crippen LogP contribution < -0.4 is 17.2 Å². The third-order valence-corrected chi connectivity index (χ3v) is 5.99. The van der Waals surface area contributed by atoms with Crippen molar-refractivity contribution in [1.29, 1.82) is 0 Å². The van der Waals surface area contributed by atoms with Crippen LogP contribution in [0.4, 0.5) is 18.9 Å². The Morgan fingerprint density at radius 1 is 1.00 bits per heavy atom. The van der Waals surface area contributed by atoms with Crippen LogP contribution in [0.15, 0.2) is 65.8 Å². The van der Waals surface area contributed by atoms with Gasteiger partial charge in [0, 0.05) is 36.6 Å². The molecule has 0 saturated carbocycles. The Balaban J connectivity index is 0.000000900. The average Bonchev–Trinajstić information content (AvgIpc) is 3.26. The molecule has 0 fully saturated rings. The molecular weight excluding hydrogens is 605 g/mol. The summed E-state index contributed by atoms with van der Waals surface area (Å²) in [7, 11) is 1.79. The summed E-state index contributed by atoms with van der Waals surface area (Å²) in [4.78, 5) is 63.3. The van der Waals surface area contributed by atoms with Gasteiger partial charge in [-0.15, -0.1) is 0 Å². The number of nitrogens with two attached hydrogens (primary N) is 3. The number of halogens is 3. The van der Waals surface area contributed by atoms with Gasteiger partial charge in [0.1, 0.15) is 6.04 Å². The SMILES string of the molecule is Cn1cc(CC(C(=O)O)N(C(=O)C=Cc2ccc(N=C(N)N)cc2)C(=O)[C@@H](N)CC(=O)O)c2ccccc21.O=C(O)C(F)(F)F. The first-order valence-corrected chi connectivity index (χ1v) is 12.7. The van der Waals surface area contributed by atoms with E-state index in [2.05, 4.69) is 4.99 Å². The first kappa shape index (κ1) is 35.5. The molecular formula is C28H29F3N6O8. The van der Waals surface area contributed by atoms with Gasteiger partial charge in [-0.25, -0.2) is 14.6 Å². The summed E-state index contributed by atoms with van der Waals surface area (Å²) in [5.41, 5.74) is 18.9. The van der Waals surface area contributed by atoms with E-state index in [0.717, 1.165) is 17.0 Å². The molecule has 9 N–H and O–H groups in total. The largest absolute Gasteiger partial charge is 0.490 e. The van der Waals surface area contributed by atoms with E-state index in [9.17, 15) is 37.5 Å². The quantitative estimate of drug-likeness (QED) is 0.106. The van der Waals surface area contributed by atoms with Crippen molar-refractivity contribution < 1.29 is 52.5 Å². The van der Waals surface area contributed by atoms with E-state index in [0.29, 0.717) is 21.7 Å². The van der Waals surface area contributed by atoms with Gasteiger partial charge in [0.05, 0.1) is 18.2 Å². The van der Waals surface area contributed by atoms with Gasteiger partial charge in [-0.05, 0) is 35.4 Å². The Bertz CT molecular complexity index is 1630. The second kappa shape index (κ2) is 15.1. The molecule has 3 aromatic rings. The van der Waals surface area contributed by atoms with Crippen LogP contribution in [0.3, 0.4) is 0 Å². The van der Waals surface area contributed by atoms with E-state index in [1.54, 1.807) is 54.2 Å². The molecule has 3 rings (SSSR count). The Kier molecular flexibility index (Phi) is 11.9. The molecule has 0 aliphatic carbocycles. The van der Waals surface area contributed by atoms with Gasteiger partial charge in [0.15, 0.2) is 5.96 Å². The number of fused-ring (bicyclic) bond motifs is 1. The van der Waals surface area contributed by atoms with Gasteiger partial charge in [-0.3, -0.25) is 19.3 Å². The Morgan fingerprint density at radius 3 is 2.09 bits per heavy atom. The van der Waals surface area contributed by atoms with E-state index < -0.39 is 54.4 Å². The van der Waals surface area contributed by atoms with Gasteiger partial charge >= 0.3 is 24.1 Å². The second-order valence-electron chi connectivity index (χ2n) is 9.36. The fourth-order valence-electron chi connectivity index (χ4n) is 4.01. The molecule has 240 valence electrons. The van der Waals surface area contributed by atoms with Crippen molar-refractivity contribution in [2.75, 3.05) is 0 Å². The molecule has 2 aromatic carbocycles. The molecule has 0 saturated heterocycles. The topological polar surface area (TPSA) is 245 Å². The highest BCUT2D eigenvalue weighted by Crippen LogP contribution is 2.24. The molecule has 1 heterocycles. The lowest BCUT2D eigenvalue weighted by Crippen LogP contribution is -2.55. The number of guanidine groups is 1. The van der Waals surface area contributed by atoms with Crippen molar-refractivity contribution in [3.05, 3.63) is 71.9 Å². The number of carboxylic acid groups (broad SMARTS) is 3. The summed E-state index contributed by atoms with van der Waals surface area (Å²) in [5, 5.41) is 27.0. The predicted octanol–water partition coefficient (Wildman–Crippen LogP) is 1.58. The maximum Gasteiger partial charge on any atom is 0.490 e. The number of carbonyl (C=O) groups is 5. The number of aliphatic carboxylic acids is 3. The highest BCUT2D eigenvalue weighted by molar-refractivity contribution is 6.07. The van der Waals surface area contributed by atoms with Gasteiger partial charge < -0.3 is 37.1 Å². The van der Waals surface area contributed by atoms with E-state index in [-0.39, 0.29) is 12.4 Å². The third kappa shape index (κ3) is 10.2. The van der Waals surface area contributed by atoms with Crippen LogP contribution in [-0.4, -0.2) is 78.7 Å². The molecule has 2 atom stereocenters. The van der Waals surface area contributed by atoms with E-state index in [1.165, 1.54) is 6.08 Å². The highest BCUT2D eigenvalue weighted by atomic mass is 19.4. The number of hydrogen-bond acceptors (Lipinski definition) is 7. The number of imide groups is 1. The molecule has 14 nitrogen and oxygen atoms in total. The molecule has 0 aliphatic heterocycles. The molecule has 0 aliphatic rings. The van der Waals surface area contributed by atoms with Crippen molar-refractivity contribution >= 4 is 58.3 Å². The number of hydrogen-bond donors (Lipinski definition) is 6. The van der Waals surface area contributed by atoms with Crippen LogP contribution in [0, 0.1) is 0 Å². The average molecular weight is 635 g/mol. The van der Waals surface area contributed by atoms with Crippen LogP contribution in [0.1, 0.15) is 17.5 Å². The van der Waals surface area contributed by atoms with Crippen molar-refractivity contribution in [2.45, 2.75) is 31.1 Å². The fourth-order valence-corrected chi connectivity index (χ4v) is 4.01. The zero-order chi connectivity index (χ0) is 34.1. The maximum absolute atomic E-state index is 13.3. The third-order valence-electron chi connectivity index (χ3n) is 5.99. The number of nitrogens with zero attached hydrogens (tertiary/aromatic N) is 3. The number of aromatic nitrogens is 1. The standard InChI is InChI=1S/C26H28N6O6.C2HF3O2/c1-31-14-16(18-4-2-3-5-20(18)31)12-21(25(37)38)32(24(36)19(27)13-23(34)35)22(33)11-8-15-6-9-17(10-7-15)30-26(28)29;3-2(4,5)1(6)7/h2-11,14,19,21H,12-13,27H2,1H3,(H,34,35)(H,37,38)(H4,28,29,30);(H,6,7)/t19-,21?;/m0./s1. The molecule has 1 unspecified atom stereocenters. The van der Waals surface area contributed by atoms with E-state index in [4.69, 9.17) is 32.2 Å². The van der Waals surface area contributed by atoms with Crippen molar-refractivity contribution in [3.8, 4) is 0 Å². The van der Waals surface area contributed by atoms with Crippen LogP contribution in [0.5, 0.6) is 0 Å². The first-order valence-electron chi connectivity index (χ1n) is 12.7. The number of rotatable bonds is 10. The second-order valence-corrected chi connectivity index (χ2v) is 9.36. The van der Waals surface area contributed by atoms with E-state index in [1.807, 2.05) is 12.1 Å². The van der Waals surface area contributed by atoms with Crippen LogP contribution in [0.25, 0.3) is 17.0 Å². The van der Waals surface area contributed by atoms with E-state index >= 15 is 0 Å². The monoisotopic (exact) mass is 634 g/mol. The van der Waals surface area contributed by atoms with Crippen molar-refractivity contribution in [2.24, 2.45) is 29.2 Å². The minimum Gasteiger partial charge on any atom is -0.481 e. The summed E-state index contributed by atoms with van der Waals surface area (Å²) in [6.07, 6.45) is -1.95. The molecule has 45 heavy (non-hydrogen) atoms. The Labute approximate surface area is 252 Å². The number of para-hydroxylation sites is 1. The van der Waals surface area contributed by atoms with Gasteiger partial charge in [-0.2, -0.15) is 13.2 Å². The van der Waals surface area contributed by atoms with Crippen LogP contribution >= 0.6 is 0 Å². The molecule has 0 radical (unpaired) electrons. The number of aryl methyl sites for hydroxylation is 1. The first-order chi connectivity index (χ1) is 20.9. The summed E-state index contributed by atoms with van der Waals surface area (Å²) in [6.45, 7) is 0. The van der Waals surface area contributed by atoms with Gasteiger partial charge in [-0.1, -0.05) is 30.3 Å². The molecule has 0 spiro atoms. The highest BCUT2D eigenvalue weighted by Gasteiger charge is 2.38. The molecule has 1 aromatic heterocycles. The minimum atomic E-state index is -5.08. The summed E-state index contributed by atoms with van der Waals surface area (Å²) < 4.78 is 33.5. The molecule has 0 bridgehead atoms. The lowest BCUT2D eigenvalue weighted by molar-refractivity contribution is -0.192. The number of carboxylic acids is 3. The van der Waals surface area contributed by atoms with Crippen LogP contribution in [-0.2, 0) is 37.4 Å². The lowest BCUT2D eigenvalue weighted by Gasteiger charge is -2.28. The van der Waals surface area contributed by atoms with Gasteiger partial charge in [0.2, 0.25) is 5.91 Å². The van der Waals surface area contributed by atoms with Crippen molar-refractivity contribution in [3.63, 3.8) is 0 Å². The number of carbonyl (C=O) groups excluding carboxylic acids is 2. The lowest BCUT2D eigenvalue weighted by atomic mass is 10.0. The van der Waals surface area contributed by atoms with Gasteiger partial charge in [0.25, 0.3) is 5.91 Å². The maximum atomic E-state index is 13.3. The normalized spacial score (nSPS) is 12.5. The Morgan fingerprint density at radius 2 is 1.58 bits per heavy atom. The van der Waals surface area contributed by atoms with Crippen LogP contribution in [0.2, 0.25) is 0 Å². The minimum absolute atomic E-state index is 0.124. The summed E-state index contributed by atoms with van der Waals surface area (Å²) in [6, 6.07) is 10.4. The number of alkyl halides is 3. The van der Waals surface area contributed by atoms with Crippen molar-refractivity contribution in [1.82, 2.24) is 9.47 Å². The zero-order valence-corrected chi connectivity index (χ0v) is 23.5. The summed E-state index contributed by atoms with van der Waals surface area (Å²) >= 11 is 0. The Hall–Kier alpha value is -5.71. The molecule has 17 heteroatoms. The summed E-state index contributed by atoms with van der Waals surface area (Å²) in [5.74, 6) is -7.77. The molecule has 2 amide bonds. The fraction of sp³-hybridized carbons (Fsp3) is 0.214.